The summed E-state index contributed by atoms with van der Waals surface area (Å²) in [5, 5.41) is 0. The van der Waals surface area contributed by atoms with E-state index in [4.69, 9.17) is 0 Å². The molecule has 0 radical (unpaired) electrons. The molecule has 0 saturated heterocycles. The summed E-state index contributed by atoms with van der Waals surface area (Å²) in [7, 11) is 0. The average molecular weight is 102 g/mol. The fourth-order valence-corrected chi connectivity index (χ4v) is 0.244. The molecule has 0 aliphatic carbocycles. The van der Waals surface area contributed by atoms with E-state index in [0.717, 1.165) is 12.0 Å². The molecule has 7 heavy (non-hydrogen) atoms. The van der Waals surface area contributed by atoms with E-state index in [-0.39, 0.29) is 5.83 Å². The number of allylic oxidation sites excluding steroid dienone is 2. The Kier molecular flexibility index (Phi) is 2.65. The van der Waals surface area contributed by atoms with Crippen LogP contribution in [0.5, 0.6) is 0 Å². The Hall–Kier alpha value is -0.330. The maximum absolute atomic E-state index is 12.0. The van der Waals surface area contributed by atoms with Crippen LogP contribution in [-0.2, 0) is 0 Å². The predicted octanol–water partition coefficient (Wildman–Crippen LogP) is 2.66. The Morgan fingerprint density at radius 1 is 1.43 bits per heavy atom. The van der Waals surface area contributed by atoms with Gasteiger partial charge in [-0.25, -0.2) is 4.39 Å². The van der Waals surface area contributed by atoms with E-state index in [1.807, 2.05) is 6.92 Å². The summed E-state index contributed by atoms with van der Waals surface area (Å²) in [4.78, 5) is 0. The third kappa shape index (κ3) is 2.38. The highest BCUT2D eigenvalue weighted by Crippen LogP contribution is 2.06. The minimum absolute atomic E-state index is 0.0394. The molecule has 0 aliphatic rings. The monoisotopic (exact) mass is 102 g/mol. The van der Waals surface area contributed by atoms with Crippen molar-refractivity contribution in [1.29, 1.82) is 0 Å². The molecule has 0 bridgehead atoms. The van der Waals surface area contributed by atoms with Crippen LogP contribution in [0.1, 0.15) is 27.2 Å². The largest absolute Gasteiger partial charge is 0.212 e. The SMILES string of the molecule is CCC(C)=C(C)F. The van der Waals surface area contributed by atoms with Crippen molar-refractivity contribution in [2.45, 2.75) is 27.2 Å². The Morgan fingerprint density at radius 3 is 1.86 bits per heavy atom. The van der Waals surface area contributed by atoms with Gasteiger partial charge in [-0.3, -0.25) is 0 Å². The van der Waals surface area contributed by atoms with Gasteiger partial charge in [-0.15, -0.1) is 0 Å². The van der Waals surface area contributed by atoms with Crippen molar-refractivity contribution in [3.63, 3.8) is 0 Å². The van der Waals surface area contributed by atoms with Gasteiger partial charge in [-0.2, -0.15) is 0 Å². The lowest BCUT2D eigenvalue weighted by Crippen LogP contribution is -1.72. The lowest BCUT2D eigenvalue weighted by atomic mass is 10.2. The molecule has 0 saturated carbocycles. The Balaban J connectivity index is 3.72. The van der Waals surface area contributed by atoms with Gasteiger partial charge in [0.15, 0.2) is 0 Å². The molecule has 0 unspecified atom stereocenters. The first kappa shape index (κ1) is 6.67. The van der Waals surface area contributed by atoms with Gasteiger partial charge in [0.2, 0.25) is 0 Å². The van der Waals surface area contributed by atoms with E-state index in [0.29, 0.717) is 0 Å². The van der Waals surface area contributed by atoms with Gasteiger partial charge in [0.1, 0.15) is 0 Å². The van der Waals surface area contributed by atoms with Crippen molar-refractivity contribution in [3.8, 4) is 0 Å². The summed E-state index contributed by atoms with van der Waals surface area (Å²) in [5.74, 6) is -0.0394. The van der Waals surface area contributed by atoms with Crippen LogP contribution in [0, 0.1) is 0 Å². The highest BCUT2D eigenvalue weighted by molar-refractivity contribution is 5.00. The molecule has 0 fully saturated rings. The molecule has 0 aromatic heterocycles. The molecule has 0 amide bonds. The summed E-state index contributed by atoms with van der Waals surface area (Å²) in [6.45, 7) is 5.23. The van der Waals surface area contributed by atoms with Crippen molar-refractivity contribution in [3.05, 3.63) is 11.4 Å². The standard InChI is InChI=1S/C6H11F/c1-4-5(2)6(3)7/h4H2,1-3H3. The molecule has 0 aliphatic heterocycles. The zero-order chi connectivity index (χ0) is 5.86. The van der Waals surface area contributed by atoms with Gasteiger partial charge >= 0.3 is 0 Å². The van der Waals surface area contributed by atoms with Crippen LogP contribution in [0.25, 0.3) is 0 Å². The second-order valence-corrected chi connectivity index (χ2v) is 1.67. The first-order valence-electron chi connectivity index (χ1n) is 2.50. The zero-order valence-electron chi connectivity index (χ0n) is 5.09. The van der Waals surface area contributed by atoms with Gasteiger partial charge in [0.25, 0.3) is 0 Å². The molecule has 0 N–H and O–H groups in total. The van der Waals surface area contributed by atoms with Gasteiger partial charge in [-0.1, -0.05) is 6.92 Å². The van der Waals surface area contributed by atoms with E-state index < -0.39 is 0 Å². The van der Waals surface area contributed by atoms with Gasteiger partial charge in [0.05, 0.1) is 5.83 Å². The van der Waals surface area contributed by atoms with E-state index >= 15 is 0 Å². The molecule has 0 rings (SSSR count). The van der Waals surface area contributed by atoms with Crippen LogP contribution in [0.4, 0.5) is 4.39 Å². The van der Waals surface area contributed by atoms with Crippen molar-refractivity contribution >= 4 is 0 Å². The van der Waals surface area contributed by atoms with Gasteiger partial charge in [0, 0.05) is 0 Å². The fraction of sp³-hybridized carbons (Fsp3) is 0.667. The second-order valence-electron chi connectivity index (χ2n) is 1.67. The first-order chi connectivity index (χ1) is 3.18. The number of hydrogen-bond donors (Lipinski definition) is 0. The molecule has 0 spiro atoms. The molecular weight excluding hydrogens is 91.1 g/mol. The molecule has 0 nitrogen and oxygen atoms in total. The molecule has 0 aromatic carbocycles. The molecule has 0 aromatic rings. The van der Waals surface area contributed by atoms with E-state index in [2.05, 4.69) is 0 Å². The smallest absolute Gasteiger partial charge is 0.0957 e. The highest BCUT2D eigenvalue weighted by Gasteiger charge is 1.87. The second kappa shape index (κ2) is 2.78. The van der Waals surface area contributed by atoms with Crippen molar-refractivity contribution in [2.24, 2.45) is 0 Å². The van der Waals surface area contributed by atoms with Gasteiger partial charge < -0.3 is 0 Å². The highest BCUT2D eigenvalue weighted by atomic mass is 19.1. The number of rotatable bonds is 1. The summed E-state index contributed by atoms with van der Waals surface area (Å²) in [6.07, 6.45) is 0.822. The molecule has 0 atom stereocenters. The van der Waals surface area contributed by atoms with E-state index in [9.17, 15) is 4.39 Å². The Morgan fingerprint density at radius 2 is 1.86 bits per heavy atom. The van der Waals surface area contributed by atoms with Crippen molar-refractivity contribution in [2.75, 3.05) is 0 Å². The lowest BCUT2D eigenvalue weighted by Gasteiger charge is -1.90. The van der Waals surface area contributed by atoms with E-state index in [1.54, 1.807) is 6.92 Å². The predicted molar refractivity (Wildman–Crippen MR) is 29.8 cm³/mol. The maximum atomic E-state index is 12.0. The van der Waals surface area contributed by atoms with Crippen LogP contribution in [0.3, 0.4) is 0 Å². The van der Waals surface area contributed by atoms with Crippen LogP contribution in [0.15, 0.2) is 11.4 Å². The first-order valence-corrected chi connectivity index (χ1v) is 2.50. The minimum atomic E-state index is -0.0394. The van der Waals surface area contributed by atoms with Crippen LogP contribution >= 0.6 is 0 Å². The normalized spacial score (nSPS) is 13.7. The molecule has 42 valence electrons. The minimum Gasteiger partial charge on any atom is -0.212 e. The summed E-state index contributed by atoms with van der Waals surface area (Å²) < 4.78 is 12.0. The average Bonchev–Trinajstić information content (AvgIpc) is 1.65. The summed E-state index contributed by atoms with van der Waals surface area (Å²) in [6, 6.07) is 0. The van der Waals surface area contributed by atoms with Gasteiger partial charge in [-0.05, 0) is 25.8 Å². The zero-order valence-corrected chi connectivity index (χ0v) is 5.09. The van der Waals surface area contributed by atoms with Crippen molar-refractivity contribution < 1.29 is 4.39 Å². The van der Waals surface area contributed by atoms with Crippen LogP contribution in [-0.4, -0.2) is 0 Å². The fourth-order valence-electron chi connectivity index (χ4n) is 0.244. The molecule has 0 heterocycles. The summed E-state index contributed by atoms with van der Waals surface area (Å²) >= 11 is 0. The van der Waals surface area contributed by atoms with Crippen LogP contribution in [0.2, 0.25) is 0 Å². The third-order valence-corrected chi connectivity index (χ3v) is 1.12. The Labute approximate surface area is 44.0 Å². The topological polar surface area (TPSA) is 0 Å². The number of hydrogen-bond acceptors (Lipinski definition) is 0. The summed E-state index contributed by atoms with van der Waals surface area (Å²) in [5.41, 5.74) is 0.847. The number of halogens is 1. The lowest BCUT2D eigenvalue weighted by molar-refractivity contribution is 0.621. The van der Waals surface area contributed by atoms with E-state index in [1.165, 1.54) is 6.92 Å². The third-order valence-electron chi connectivity index (χ3n) is 1.12. The van der Waals surface area contributed by atoms with Crippen LogP contribution < -0.4 is 0 Å². The quantitative estimate of drug-likeness (QED) is 0.477. The molecular formula is C6H11F. The Bertz CT molecular complexity index is 78.2. The van der Waals surface area contributed by atoms with Crippen molar-refractivity contribution in [1.82, 2.24) is 0 Å². The molecule has 1 heteroatoms. The maximum Gasteiger partial charge on any atom is 0.0957 e.